The Morgan fingerprint density at radius 3 is 2.86 bits per heavy atom. The summed E-state index contributed by atoms with van der Waals surface area (Å²) in [6, 6.07) is 5.43. The molecule has 0 aliphatic heterocycles. The molecular formula is C14H17N5O3. The van der Waals surface area contributed by atoms with Crippen LogP contribution in [0.15, 0.2) is 28.1 Å². The number of rotatable bonds is 6. The van der Waals surface area contributed by atoms with Gasteiger partial charge in [-0.2, -0.15) is 5.10 Å². The highest BCUT2D eigenvalue weighted by Gasteiger charge is 2.04. The molecule has 0 radical (unpaired) electrons. The molecule has 0 fully saturated rings. The summed E-state index contributed by atoms with van der Waals surface area (Å²) in [6.45, 7) is 4.04. The number of ether oxygens (including phenoxy) is 2. The second kappa shape index (κ2) is 7.21. The lowest BCUT2D eigenvalue weighted by molar-refractivity contribution is 0.311. The summed E-state index contributed by atoms with van der Waals surface area (Å²) in [5.41, 5.74) is 3.40. The number of aromatic nitrogens is 3. The molecule has 1 heterocycles. The third-order valence-electron chi connectivity index (χ3n) is 2.73. The molecule has 0 aliphatic carbocycles. The molecule has 116 valence electrons. The van der Waals surface area contributed by atoms with Gasteiger partial charge in [0.25, 0.3) is 5.56 Å². The Morgan fingerprint density at radius 1 is 1.36 bits per heavy atom. The molecule has 2 rings (SSSR count). The van der Waals surface area contributed by atoms with Gasteiger partial charge in [0.05, 0.1) is 19.9 Å². The summed E-state index contributed by atoms with van der Waals surface area (Å²) in [7, 11) is 1.57. The van der Waals surface area contributed by atoms with E-state index in [4.69, 9.17) is 9.47 Å². The predicted molar refractivity (Wildman–Crippen MR) is 82.8 cm³/mol. The molecule has 8 nitrogen and oxygen atoms in total. The fraction of sp³-hybridized carbons (Fsp3) is 0.286. The van der Waals surface area contributed by atoms with Crippen molar-refractivity contribution in [1.29, 1.82) is 0 Å². The van der Waals surface area contributed by atoms with E-state index in [-0.39, 0.29) is 11.5 Å². The maximum Gasteiger partial charge on any atom is 0.274 e. The van der Waals surface area contributed by atoms with Crippen molar-refractivity contribution in [3.05, 3.63) is 39.8 Å². The number of aromatic amines is 1. The van der Waals surface area contributed by atoms with E-state index in [0.717, 1.165) is 5.56 Å². The summed E-state index contributed by atoms with van der Waals surface area (Å²) < 4.78 is 10.7. The van der Waals surface area contributed by atoms with Crippen LogP contribution < -0.4 is 20.5 Å². The summed E-state index contributed by atoms with van der Waals surface area (Å²) >= 11 is 0. The van der Waals surface area contributed by atoms with Crippen LogP contribution in [0.2, 0.25) is 0 Å². The van der Waals surface area contributed by atoms with Gasteiger partial charge in [-0.3, -0.25) is 9.78 Å². The van der Waals surface area contributed by atoms with Crippen LogP contribution in [-0.4, -0.2) is 35.1 Å². The van der Waals surface area contributed by atoms with Crippen molar-refractivity contribution in [2.45, 2.75) is 13.8 Å². The van der Waals surface area contributed by atoms with Crippen LogP contribution in [0, 0.1) is 6.92 Å². The summed E-state index contributed by atoms with van der Waals surface area (Å²) in [5.74, 6) is 1.46. The first-order valence-corrected chi connectivity index (χ1v) is 6.67. The van der Waals surface area contributed by atoms with E-state index in [0.29, 0.717) is 23.8 Å². The van der Waals surface area contributed by atoms with Gasteiger partial charge in [-0.15, -0.1) is 10.2 Å². The van der Waals surface area contributed by atoms with E-state index < -0.39 is 0 Å². The number of hydrazone groups is 1. The molecule has 2 aromatic rings. The van der Waals surface area contributed by atoms with Crippen LogP contribution in [0.4, 0.5) is 5.95 Å². The second-order valence-electron chi connectivity index (χ2n) is 4.30. The number of hydrogen-bond acceptors (Lipinski definition) is 7. The Kier molecular flexibility index (Phi) is 5.07. The van der Waals surface area contributed by atoms with Crippen molar-refractivity contribution < 1.29 is 9.47 Å². The molecule has 22 heavy (non-hydrogen) atoms. The van der Waals surface area contributed by atoms with Gasteiger partial charge in [0.1, 0.15) is 5.69 Å². The van der Waals surface area contributed by atoms with E-state index in [9.17, 15) is 4.79 Å². The minimum absolute atomic E-state index is 0.171. The molecule has 0 saturated carbocycles. The van der Waals surface area contributed by atoms with E-state index in [1.807, 2.05) is 13.0 Å². The highest BCUT2D eigenvalue weighted by atomic mass is 16.5. The van der Waals surface area contributed by atoms with Crippen LogP contribution >= 0.6 is 0 Å². The topological polar surface area (TPSA) is 101 Å². The molecule has 0 spiro atoms. The molecule has 0 amide bonds. The Labute approximate surface area is 127 Å². The fourth-order valence-corrected chi connectivity index (χ4v) is 1.65. The monoisotopic (exact) mass is 303 g/mol. The minimum Gasteiger partial charge on any atom is -0.493 e. The minimum atomic E-state index is -0.310. The van der Waals surface area contributed by atoms with Gasteiger partial charge in [0.15, 0.2) is 11.5 Å². The van der Waals surface area contributed by atoms with E-state index in [1.165, 1.54) is 0 Å². The first-order chi connectivity index (χ1) is 10.6. The summed E-state index contributed by atoms with van der Waals surface area (Å²) in [6.07, 6.45) is 1.57. The number of methoxy groups -OCH3 is 1. The molecule has 1 aromatic carbocycles. The standard InChI is InChI=1S/C14H17N5O3/c1-4-22-11-6-5-10(7-12(11)21-3)8-15-18-14-16-13(20)9(2)17-19-14/h5-8H,4H2,1-3H3,(H2,16,18,19,20)/b15-8+. The molecule has 0 aliphatic rings. The Bertz CT molecular complexity index is 727. The Morgan fingerprint density at radius 2 is 2.18 bits per heavy atom. The third-order valence-corrected chi connectivity index (χ3v) is 2.73. The van der Waals surface area contributed by atoms with Gasteiger partial charge < -0.3 is 9.47 Å². The van der Waals surface area contributed by atoms with E-state index >= 15 is 0 Å². The Hall–Kier alpha value is -2.90. The van der Waals surface area contributed by atoms with Crippen molar-refractivity contribution in [3.63, 3.8) is 0 Å². The number of anilines is 1. The van der Waals surface area contributed by atoms with Crippen LogP contribution in [0.3, 0.4) is 0 Å². The number of benzene rings is 1. The van der Waals surface area contributed by atoms with Gasteiger partial charge in [0, 0.05) is 0 Å². The molecule has 0 atom stereocenters. The van der Waals surface area contributed by atoms with Gasteiger partial charge in [-0.05, 0) is 37.6 Å². The third kappa shape index (κ3) is 3.81. The molecule has 0 bridgehead atoms. The normalized spacial score (nSPS) is 10.7. The Balaban J connectivity index is 2.09. The van der Waals surface area contributed by atoms with E-state index in [1.54, 1.807) is 32.4 Å². The fourth-order valence-electron chi connectivity index (χ4n) is 1.65. The quantitative estimate of drug-likeness (QED) is 0.616. The average Bonchev–Trinajstić information content (AvgIpc) is 2.52. The number of nitrogens with zero attached hydrogens (tertiary/aromatic N) is 3. The van der Waals surface area contributed by atoms with Crippen LogP contribution in [0.5, 0.6) is 11.5 Å². The van der Waals surface area contributed by atoms with E-state index in [2.05, 4.69) is 25.7 Å². The molecule has 2 N–H and O–H groups in total. The van der Waals surface area contributed by atoms with Gasteiger partial charge in [-0.1, -0.05) is 0 Å². The lowest BCUT2D eigenvalue weighted by Gasteiger charge is -2.09. The van der Waals surface area contributed by atoms with Crippen molar-refractivity contribution in [3.8, 4) is 11.5 Å². The van der Waals surface area contributed by atoms with Gasteiger partial charge in [-0.25, -0.2) is 5.43 Å². The zero-order valence-electron chi connectivity index (χ0n) is 12.6. The van der Waals surface area contributed by atoms with Gasteiger partial charge >= 0.3 is 0 Å². The predicted octanol–water partition coefficient (Wildman–Crippen LogP) is 1.33. The second-order valence-corrected chi connectivity index (χ2v) is 4.30. The van der Waals surface area contributed by atoms with Crippen molar-refractivity contribution in [1.82, 2.24) is 15.2 Å². The first kappa shape index (κ1) is 15.5. The van der Waals surface area contributed by atoms with Crippen molar-refractivity contribution in [2.75, 3.05) is 19.1 Å². The zero-order valence-corrected chi connectivity index (χ0v) is 12.6. The van der Waals surface area contributed by atoms with Crippen molar-refractivity contribution in [2.24, 2.45) is 5.10 Å². The smallest absolute Gasteiger partial charge is 0.274 e. The molecule has 0 saturated heterocycles. The number of H-pyrrole nitrogens is 1. The zero-order chi connectivity index (χ0) is 15.9. The summed E-state index contributed by atoms with van der Waals surface area (Å²) in [5, 5.41) is 11.5. The molecular weight excluding hydrogens is 286 g/mol. The van der Waals surface area contributed by atoms with Crippen LogP contribution in [0.1, 0.15) is 18.2 Å². The molecule has 0 unspecified atom stereocenters. The first-order valence-electron chi connectivity index (χ1n) is 6.67. The number of aryl methyl sites for hydroxylation is 1. The average molecular weight is 303 g/mol. The molecule has 8 heteroatoms. The van der Waals surface area contributed by atoms with Crippen molar-refractivity contribution >= 4 is 12.2 Å². The lowest BCUT2D eigenvalue weighted by Crippen LogP contribution is -2.15. The highest BCUT2D eigenvalue weighted by molar-refractivity contribution is 5.81. The number of hydrogen-bond donors (Lipinski definition) is 2. The van der Waals surface area contributed by atoms with Crippen LogP contribution in [0.25, 0.3) is 0 Å². The molecule has 1 aromatic heterocycles. The maximum absolute atomic E-state index is 11.4. The maximum atomic E-state index is 11.4. The summed E-state index contributed by atoms with van der Waals surface area (Å²) in [4.78, 5) is 13.9. The SMILES string of the molecule is CCOc1ccc(/C=N/Nc2nnc(C)c(=O)[nH]2)cc1OC. The highest BCUT2D eigenvalue weighted by Crippen LogP contribution is 2.27. The largest absolute Gasteiger partial charge is 0.493 e. The lowest BCUT2D eigenvalue weighted by atomic mass is 10.2. The number of nitrogens with one attached hydrogen (secondary N) is 2. The van der Waals surface area contributed by atoms with Crippen LogP contribution in [-0.2, 0) is 0 Å². The van der Waals surface area contributed by atoms with Gasteiger partial charge in [0.2, 0.25) is 5.95 Å².